The Kier molecular flexibility index (Phi) is 3.72. The summed E-state index contributed by atoms with van der Waals surface area (Å²) in [6, 6.07) is 9.79. The molecule has 2 rings (SSSR count). The van der Waals surface area contributed by atoms with Crippen LogP contribution < -0.4 is 0 Å². The van der Waals surface area contributed by atoms with E-state index in [1.54, 1.807) is 12.5 Å². The van der Waals surface area contributed by atoms with Gasteiger partial charge >= 0.3 is 0 Å². The van der Waals surface area contributed by atoms with Crippen LogP contribution in [-0.4, -0.2) is 14.7 Å². The fourth-order valence-electron chi connectivity index (χ4n) is 1.73. The molecule has 1 aromatic heterocycles. The zero-order valence-corrected chi connectivity index (χ0v) is 9.16. The highest BCUT2D eigenvalue weighted by atomic mass is 16.3. The van der Waals surface area contributed by atoms with Crippen molar-refractivity contribution in [3.8, 4) is 0 Å². The van der Waals surface area contributed by atoms with Crippen LogP contribution in [0.15, 0.2) is 49.1 Å². The Morgan fingerprint density at radius 3 is 2.75 bits per heavy atom. The van der Waals surface area contributed by atoms with Crippen LogP contribution in [0.2, 0.25) is 0 Å². The number of hydrogen-bond acceptors (Lipinski definition) is 2. The number of aliphatic hydroxyl groups is 1. The van der Waals surface area contributed by atoms with Crippen molar-refractivity contribution in [1.82, 2.24) is 9.55 Å². The summed E-state index contributed by atoms with van der Waals surface area (Å²) in [6.07, 6.45) is 6.89. The molecule has 1 aromatic carbocycles. The van der Waals surface area contributed by atoms with Crippen LogP contribution in [0.5, 0.6) is 0 Å². The third-order valence-corrected chi connectivity index (χ3v) is 2.64. The summed E-state index contributed by atoms with van der Waals surface area (Å²) in [5.41, 5.74) is 0.994. The monoisotopic (exact) mass is 216 g/mol. The second-order valence-electron chi connectivity index (χ2n) is 3.87. The molecule has 0 saturated heterocycles. The fraction of sp³-hybridized carbons (Fsp3) is 0.308. The summed E-state index contributed by atoms with van der Waals surface area (Å²) in [7, 11) is 0. The lowest BCUT2D eigenvalue weighted by molar-refractivity contribution is 0.162. The predicted octanol–water partition coefficient (Wildman–Crippen LogP) is 2.40. The molecular weight excluding hydrogens is 200 g/mol. The zero-order valence-electron chi connectivity index (χ0n) is 9.16. The molecule has 2 aromatic rings. The van der Waals surface area contributed by atoms with Gasteiger partial charge in [-0.15, -0.1) is 0 Å². The normalized spacial score (nSPS) is 12.6. The van der Waals surface area contributed by atoms with Crippen LogP contribution in [0.1, 0.15) is 24.5 Å². The molecule has 1 N–H and O–H groups in total. The molecule has 3 nitrogen and oxygen atoms in total. The van der Waals surface area contributed by atoms with Crippen LogP contribution in [0, 0.1) is 0 Å². The van der Waals surface area contributed by atoms with Gasteiger partial charge in [-0.05, 0) is 18.4 Å². The van der Waals surface area contributed by atoms with Crippen LogP contribution in [0.25, 0.3) is 0 Å². The van der Waals surface area contributed by atoms with Gasteiger partial charge in [0.05, 0.1) is 12.4 Å². The highest BCUT2D eigenvalue weighted by Crippen LogP contribution is 2.17. The van der Waals surface area contributed by atoms with Crippen molar-refractivity contribution in [3.05, 3.63) is 54.6 Å². The Morgan fingerprint density at radius 1 is 1.25 bits per heavy atom. The van der Waals surface area contributed by atoms with Gasteiger partial charge in [0.1, 0.15) is 0 Å². The lowest BCUT2D eigenvalue weighted by Crippen LogP contribution is -2.00. The van der Waals surface area contributed by atoms with Crippen molar-refractivity contribution in [2.24, 2.45) is 0 Å². The Morgan fingerprint density at radius 2 is 2.06 bits per heavy atom. The number of aryl methyl sites for hydroxylation is 1. The minimum atomic E-state index is -0.357. The number of aromatic nitrogens is 2. The Bertz CT molecular complexity index is 397. The maximum absolute atomic E-state index is 9.92. The summed E-state index contributed by atoms with van der Waals surface area (Å²) in [4.78, 5) is 3.98. The van der Waals surface area contributed by atoms with Gasteiger partial charge in [-0.2, -0.15) is 0 Å². The van der Waals surface area contributed by atoms with Crippen LogP contribution in [0.3, 0.4) is 0 Å². The smallest absolute Gasteiger partial charge is 0.0945 e. The first-order chi connectivity index (χ1) is 7.86. The highest BCUT2D eigenvalue weighted by Gasteiger charge is 2.05. The number of aliphatic hydroxyl groups excluding tert-OH is 1. The Labute approximate surface area is 95.4 Å². The van der Waals surface area contributed by atoms with Crippen molar-refractivity contribution in [2.75, 3.05) is 0 Å². The number of hydrogen-bond donors (Lipinski definition) is 1. The van der Waals surface area contributed by atoms with E-state index >= 15 is 0 Å². The second kappa shape index (κ2) is 5.47. The molecule has 0 spiro atoms. The zero-order chi connectivity index (χ0) is 11.2. The van der Waals surface area contributed by atoms with E-state index in [1.165, 1.54) is 0 Å². The molecule has 0 aliphatic heterocycles. The average Bonchev–Trinajstić information content (AvgIpc) is 2.83. The van der Waals surface area contributed by atoms with Crippen molar-refractivity contribution in [1.29, 1.82) is 0 Å². The summed E-state index contributed by atoms with van der Waals surface area (Å²) in [6.45, 7) is 0.907. The van der Waals surface area contributed by atoms with E-state index in [0.29, 0.717) is 0 Å². The van der Waals surface area contributed by atoms with E-state index in [0.717, 1.165) is 24.9 Å². The molecule has 1 unspecified atom stereocenters. The topological polar surface area (TPSA) is 38.0 Å². The molecular formula is C13H16N2O. The predicted molar refractivity (Wildman–Crippen MR) is 62.9 cm³/mol. The molecule has 0 fully saturated rings. The summed E-state index contributed by atoms with van der Waals surface area (Å²) in [5.74, 6) is 0. The standard InChI is InChI=1S/C13H16N2O/c16-13(12-5-2-1-3-6-12)7-4-9-15-10-8-14-11-15/h1-3,5-6,8,10-11,13,16H,4,7,9H2. The SMILES string of the molecule is OC(CCCn1ccnc1)c1ccccc1. The first-order valence-corrected chi connectivity index (χ1v) is 5.55. The summed E-state index contributed by atoms with van der Waals surface area (Å²) in [5, 5.41) is 9.92. The molecule has 84 valence electrons. The maximum atomic E-state index is 9.92. The van der Waals surface area contributed by atoms with Crippen molar-refractivity contribution < 1.29 is 5.11 Å². The van der Waals surface area contributed by atoms with E-state index in [4.69, 9.17) is 0 Å². The molecule has 0 aliphatic rings. The van der Waals surface area contributed by atoms with Gasteiger partial charge in [0.25, 0.3) is 0 Å². The van der Waals surface area contributed by atoms with Gasteiger partial charge < -0.3 is 9.67 Å². The quantitative estimate of drug-likeness (QED) is 0.833. The average molecular weight is 216 g/mol. The molecule has 0 bridgehead atoms. The van der Waals surface area contributed by atoms with Crippen LogP contribution >= 0.6 is 0 Å². The molecule has 0 saturated carbocycles. The van der Waals surface area contributed by atoms with E-state index in [9.17, 15) is 5.11 Å². The summed E-state index contributed by atoms with van der Waals surface area (Å²) < 4.78 is 2.03. The molecule has 0 aliphatic carbocycles. The largest absolute Gasteiger partial charge is 0.388 e. The minimum absolute atomic E-state index is 0.357. The molecule has 3 heteroatoms. The van der Waals surface area contributed by atoms with Crippen LogP contribution in [-0.2, 0) is 6.54 Å². The lowest BCUT2D eigenvalue weighted by Gasteiger charge is -2.10. The van der Waals surface area contributed by atoms with Crippen molar-refractivity contribution in [2.45, 2.75) is 25.5 Å². The van der Waals surface area contributed by atoms with E-state index in [2.05, 4.69) is 4.98 Å². The van der Waals surface area contributed by atoms with Crippen molar-refractivity contribution >= 4 is 0 Å². The number of rotatable bonds is 5. The van der Waals surface area contributed by atoms with E-state index < -0.39 is 0 Å². The van der Waals surface area contributed by atoms with E-state index in [1.807, 2.05) is 41.1 Å². The third kappa shape index (κ3) is 2.94. The first-order valence-electron chi connectivity index (χ1n) is 5.55. The third-order valence-electron chi connectivity index (χ3n) is 2.64. The molecule has 0 amide bonds. The number of imidazole rings is 1. The maximum Gasteiger partial charge on any atom is 0.0945 e. The molecule has 0 radical (unpaired) electrons. The lowest BCUT2D eigenvalue weighted by atomic mass is 10.1. The van der Waals surface area contributed by atoms with Crippen LogP contribution in [0.4, 0.5) is 0 Å². The Hall–Kier alpha value is -1.61. The molecule has 16 heavy (non-hydrogen) atoms. The molecule has 1 atom stereocenters. The fourth-order valence-corrected chi connectivity index (χ4v) is 1.73. The van der Waals surface area contributed by atoms with Gasteiger partial charge in [-0.1, -0.05) is 30.3 Å². The van der Waals surface area contributed by atoms with Gasteiger partial charge in [0, 0.05) is 18.9 Å². The van der Waals surface area contributed by atoms with Gasteiger partial charge in [-0.3, -0.25) is 0 Å². The van der Waals surface area contributed by atoms with E-state index in [-0.39, 0.29) is 6.10 Å². The summed E-state index contributed by atoms with van der Waals surface area (Å²) >= 11 is 0. The van der Waals surface area contributed by atoms with Crippen molar-refractivity contribution in [3.63, 3.8) is 0 Å². The first kappa shape index (κ1) is 10.9. The minimum Gasteiger partial charge on any atom is -0.388 e. The second-order valence-corrected chi connectivity index (χ2v) is 3.87. The Balaban J connectivity index is 1.78. The number of nitrogens with zero attached hydrogens (tertiary/aromatic N) is 2. The number of benzene rings is 1. The highest BCUT2D eigenvalue weighted by molar-refractivity contribution is 5.16. The van der Waals surface area contributed by atoms with Gasteiger partial charge in [0.2, 0.25) is 0 Å². The van der Waals surface area contributed by atoms with Gasteiger partial charge in [-0.25, -0.2) is 4.98 Å². The molecule has 1 heterocycles. The van der Waals surface area contributed by atoms with Gasteiger partial charge in [0.15, 0.2) is 0 Å².